The molecule has 1 N–H and O–H groups in total. The molecule has 4 aromatic rings. The summed E-state index contributed by atoms with van der Waals surface area (Å²) >= 11 is 1.14. The first-order chi connectivity index (χ1) is 13.8. The highest BCUT2D eigenvalue weighted by Gasteiger charge is 2.30. The van der Waals surface area contributed by atoms with Crippen LogP contribution < -0.4 is 10.3 Å². The highest BCUT2D eigenvalue weighted by atomic mass is 32.2. The van der Waals surface area contributed by atoms with E-state index in [1.807, 2.05) is 0 Å². The lowest BCUT2D eigenvalue weighted by molar-refractivity contribution is -0.274. The van der Waals surface area contributed by atoms with Crippen molar-refractivity contribution in [2.75, 3.05) is 0 Å². The number of ether oxygens (including phenoxy) is 1. The van der Waals surface area contributed by atoms with Gasteiger partial charge in [0.05, 0.1) is 11.0 Å². The third-order valence-corrected chi connectivity index (χ3v) is 5.01. The molecule has 4 rings (SSSR count). The van der Waals surface area contributed by atoms with E-state index in [9.17, 15) is 18.0 Å². The van der Waals surface area contributed by atoms with Gasteiger partial charge in [0.2, 0.25) is 0 Å². The van der Waals surface area contributed by atoms with Crippen molar-refractivity contribution in [1.29, 1.82) is 0 Å². The Kier molecular flexibility index (Phi) is 4.79. The highest BCUT2D eigenvalue weighted by Crippen LogP contribution is 2.28. The van der Waals surface area contributed by atoms with Gasteiger partial charge in [-0.3, -0.25) is 4.79 Å². The van der Waals surface area contributed by atoms with E-state index in [0.29, 0.717) is 21.8 Å². The molecule has 0 fully saturated rings. The van der Waals surface area contributed by atoms with Crippen LogP contribution >= 0.6 is 11.8 Å². The number of hydrogen-bond acceptors (Lipinski definition) is 5. The Hall–Kier alpha value is -3.27. The minimum atomic E-state index is -4.74. The lowest BCUT2D eigenvalue weighted by Crippen LogP contribution is -2.20. The third kappa shape index (κ3) is 4.11. The Bertz CT molecular complexity index is 1220. The average Bonchev–Trinajstić information content (AvgIpc) is 3.18. The van der Waals surface area contributed by atoms with Gasteiger partial charge in [0, 0.05) is 19.4 Å². The summed E-state index contributed by atoms with van der Waals surface area (Å²) in [5.74, 6) is -0.296. The Balaban J connectivity index is 1.69. The number of rotatable bonds is 4. The predicted octanol–water partition coefficient (Wildman–Crippen LogP) is 4.37. The number of nitrogens with one attached hydrogen (secondary N) is 1. The van der Waals surface area contributed by atoms with Crippen molar-refractivity contribution in [1.82, 2.24) is 19.5 Å². The number of nitrogens with zero attached hydrogens (tertiary/aromatic N) is 3. The van der Waals surface area contributed by atoms with Crippen LogP contribution in [0.1, 0.15) is 0 Å². The van der Waals surface area contributed by atoms with Crippen LogP contribution in [0.5, 0.6) is 5.75 Å². The molecule has 0 saturated carbocycles. The fourth-order valence-corrected chi connectivity index (χ4v) is 3.58. The van der Waals surface area contributed by atoms with E-state index < -0.39 is 6.36 Å². The lowest BCUT2D eigenvalue weighted by atomic mass is 10.0. The number of imidazole rings is 1. The monoisotopic (exact) mass is 418 g/mol. The van der Waals surface area contributed by atoms with Crippen molar-refractivity contribution < 1.29 is 17.9 Å². The minimum absolute atomic E-state index is 0.273. The van der Waals surface area contributed by atoms with Crippen LogP contribution in [0.25, 0.3) is 22.2 Å². The van der Waals surface area contributed by atoms with Crippen LogP contribution in [0.2, 0.25) is 0 Å². The smallest absolute Gasteiger partial charge is 0.406 e. The van der Waals surface area contributed by atoms with Gasteiger partial charge in [-0.25, -0.2) is 9.97 Å². The number of halogens is 3. The number of benzene rings is 2. The van der Waals surface area contributed by atoms with E-state index >= 15 is 0 Å². The predicted molar refractivity (Wildman–Crippen MR) is 102 cm³/mol. The van der Waals surface area contributed by atoms with Crippen LogP contribution in [0.3, 0.4) is 0 Å². The quantitative estimate of drug-likeness (QED) is 0.533. The molecule has 0 spiro atoms. The molecule has 29 heavy (non-hydrogen) atoms. The van der Waals surface area contributed by atoms with Crippen molar-refractivity contribution in [2.24, 2.45) is 7.05 Å². The first kappa shape index (κ1) is 19.1. The molecule has 10 heteroatoms. The van der Waals surface area contributed by atoms with Gasteiger partial charge < -0.3 is 14.3 Å². The Labute approximate surface area is 166 Å². The zero-order valence-electron chi connectivity index (χ0n) is 14.9. The van der Waals surface area contributed by atoms with E-state index in [1.54, 1.807) is 37.6 Å². The zero-order valence-corrected chi connectivity index (χ0v) is 15.7. The first-order valence-corrected chi connectivity index (χ1v) is 9.16. The first-order valence-electron chi connectivity index (χ1n) is 8.34. The molecule has 2 aromatic carbocycles. The summed E-state index contributed by atoms with van der Waals surface area (Å²) < 4.78 is 42.3. The number of fused-ring (bicyclic) bond motifs is 1. The maximum absolute atomic E-state index is 12.6. The summed E-state index contributed by atoms with van der Waals surface area (Å²) in [6.45, 7) is 0. The van der Waals surface area contributed by atoms with Gasteiger partial charge in [-0.05, 0) is 47.2 Å². The van der Waals surface area contributed by atoms with E-state index in [2.05, 4.69) is 19.7 Å². The fourth-order valence-electron chi connectivity index (χ4n) is 2.79. The molecule has 2 aromatic heterocycles. The van der Waals surface area contributed by atoms with Gasteiger partial charge in [0.1, 0.15) is 5.75 Å². The second kappa shape index (κ2) is 7.28. The van der Waals surface area contributed by atoms with Crippen LogP contribution in [0.4, 0.5) is 13.2 Å². The molecule has 0 saturated heterocycles. The SMILES string of the molecule is Cn1c(=O)c(Sc2ncc[nH]2)nc2ccc(-c3ccc(OC(F)(F)F)cc3)cc21. The summed E-state index contributed by atoms with van der Waals surface area (Å²) in [5.41, 5.74) is 2.36. The number of hydrogen-bond donors (Lipinski definition) is 1. The maximum Gasteiger partial charge on any atom is 0.573 e. The molecule has 0 radical (unpaired) electrons. The molecular weight excluding hydrogens is 405 g/mol. The van der Waals surface area contributed by atoms with Gasteiger partial charge in [-0.15, -0.1) is 13.2 Å². The van der Waals surface area contributed by atoms with Crippen LogP contribution in [0.15, 0.2) is 69.8 Å². The largest absolute Gasteiger partial charge is 0.573 e. The molecule has 0 aliphatic rings. The Morgan fingerprint density at radius 3 is 2.48 bits per heavy atom. The lowest BCUT2D eigenvalue weighted by Gasteiger charge is -2.11. The van der Waals surface area contributed by atoms with Gasteiger partial charge >= 0.3 is 6.36 Å². The second-order valence-electron chi connectivity index (χ2n) is 6.05. The average molecular weight is 418 g/mol. The Morgan fingerprint density at radius 1 is 1.10 bits per heavy atom. The summed E-state index contributed by atoms with van der Waals surface area (Å²) in [5, 5.41) is 0.850. The minimum Gasteiger partial charge on any atom is -0.406 e. The summed E-state index contributed by atoms with van der Waals surface area (Å²) in [7, 11) is 1.64. The second-order valence-corrected chi connectivity index (χ2v) is 7.03. The van der Waals surface area contributed by atoms with Crippen molar-refractivity contribution in [2.45, 2.75) is 16.5 Å². The van der Waals surface area contributed by atoms with Crippen molar-refractivity contribution in [3.05, 3.63) is 65.2 Å². The van der Waals surface area contributed by atoms with E-state index in [4.69, 9.17) is 0 Å². The summed E-state index contributed by atoms with van der Waals surface area (Å²) in [4.78, 5) is 24.1. The van der Waals surface area contributed by atoms with Gasteiger partial charge in [0.15, 0.2) is 10.2 Å². The number of H-pyrrole nitrogens is 1. The molecule has 0 unspecified atom stereocenters. The van der Waals surface area contributed by atoms with E-state index in [0.717, 1.165) is 17.3 Å². The van der Waals surface area contributed by atoms with Crippen molar-refractivity contribution >= 4 is 22.8 Å². The molecule has 0 atom stereocenters. The molecular formula is C19H13F3N4O2S. The number of aryl methyl sites for hydroxylation is 1. The van der Waals surface area contributed by atoms with Crippen LogP contribution in [-0.4, -0.2) is 25.9 Å². The van der Waals surface area contributed by atoms with Crippen LogP contribution in [0, 0.1) is 0 Å². The van der Waals surface area contributed by atoms with Gasteiger partial charge in [-0.1, -0.05) is 18.2 Å². The molecule has 6 nitrogen and oxygen atoms in total. The van der Waals surface area contributed by atoms with E-state index in [1.165, 1.54) is 28.8 Å². The Morgan fingerprint density at radius 2 is 1.83 bits per heavy atom. The molecule has 148 valence electrons. The number of aromatic nitrogens is 4. The van der Waals surface area contributed by atoms with Gasteiger partial charge in [0.25, 0.3) is 5.56 Å². The standard InChI is InChI=1S/C19H13F3N4O2S/c1-26-15-10-12(11-2-5-13(6-3-11)28-19(20,21)22)4-7-14(15)25-16(17(26)27)29-18-23-8-9-24-18/h2-10H,1H3,(H,23,24). The third-order valence-electron chi connectivity index (χ3n) is 4.13. The fraction of sp³-hybridized carbons (Fsp3) is 0.105. The van der Waals surface area contributed by atoms with E-state index in [-0.39, 0.29) is 16.3 Å². The van der Waals surface area contributed by atoms with Crippen molar-refractivity contribution in [3.8, 4) is 16.9 Å². The van der Waals surface area contributed by atoms with Gasteiger partial charge in [-0.2, -0.15) is 0 Å². The maximum atomic E-state index is 12.6. The molecule has 0 amide bonds. The molecule has 0 aliphatic heterocycles. The molecule has 2 heterocycles. The zero-order chi connectivity index (χ0) is 20.6. The highest BCUT2D eigenvalue weighted by molar-refractivity contribution is 7.99. The number of aromatic amines is 1. The molecule has 0 aliphatic carbocycles. The topological polar surface area (TPSA) is 72.8 Å². The molecule has 0 bridgehead atoms. The van der Waals surface area contributed by atoms with Crippen molar-refractivity contribution in [3.63, 3.8) is 0 Å². The summed E-state index contributed by atoms with van der Waals surface area (Å²) in [6.07, 6.45) is -1.49. The summed E-state index contributed by atoms with van der Waals surface area (Å²) in [6, 6.07) is 10.9. The normalized spacial score (nSPS) is 11.7. The van der Waals surface area contributed by atoms with Crippen LogP contribution in [-0.2, 0) is 7.05 Å². The number of alkyl halides is 3.